The van der Waals surface area contributed by atoms with Crippen molar-refractivity contribution in [2.24, 2.45) is 5.92 Å². The van der Waals surface area contributed by atoms with Crippen LogP contribution in [0.1, 0.15) is 65.7 Å². The normalized spacial score (nSPS) is 24.9. The highest BCUT2D eigenvalue weighted by molar-refractivity contribution is 5.68. The lowest BCUT2D eigenvalue weighted by Gasteiger charge is -2.35. The van der Waals surface area contributed by atoms with Crippen molar-refractivity contribution in [2.45, 2.75) is 77.4 Å². The second-order valence-corrected chi connectivity index (χ2v) is 7.68. The van der Waals surface area contributed by atoms with Gasteiger partial charge in [-0.05, 0) is 58.9 Å². The number of likely N-dealkylation sites (tertiary alicyclic amines) is 1. The van der Waals surface area contributed by atoms with Gasteiger partial charge in [-0.2, -0.15) is 0 Å². The molecule has 1 unspecified atom stereocenters. The first-order valence-corrected chi connectivity index (χ1v) is 8.65. The van der Waals surface area contributed by atoms with Gasteiger partial charge in [0.15, 0.2) is 0 Å². The van der Waals surface area contributed by atoms with Crippen LogP contribution in [-0.4, -0.2) is 42.3 Å². The van der Waals surface area contributed by atoms with Crippen LogP contribution in [0.25, 0.3) is 0 Å². The maximum absolute atomic E-state index is 12.1. The summed E-state index contributed by atoms with van der Waals surface area (Å²) in [6.45, 7) is 8.51. The van der Waals surface area contributed by atoms with Gasteiger partial charge < -0.3 is 15.0 Å². The Hall–Kier alpha value is -0.770. The predicted octanol–water partition coefficient (Wildman–Crippen LogP) is 3.56. The maximum atomic E-state index is 12.1. The summed E-state index contributed by atoms with van der Waals surface area (Å²) in [7, 11) is 0. The van der Waals surface area contributed by atoms with Gasteiger partial charge >= 0.3 is 6.09 Å². The Bertz CT molecular complexity index is 332. The molecule has 2 aliphatic rings. The third kappa shape index (κ3) is 5.85. The number of nitrogens with one attached hydrogen (secondary N) is 1. The fraction of sp³-hybridized carbons (Fsp3) is 0.941. The summed E-state index contributed by atoms with van der Waals surface area (Å²) >= 11 is 0. The Balaban J connectivity index is 1.73. The van der Waals surface area contributed by atoms with E-state index < -0.39 is 5.60 Å². The second-order valence-electron chi connectivity index (χ2n) is 7.68. The van der Waals surface area contributed by atoms with E-state index in [1.165, 1.54) is 38.5 Å². The number of nitrogens with zero attached hydrogens (tertiary/aromatic N) is 1. The van der Waals surface area contributed by atoms with Crippen LogP contribution in [-0.2, 0) is 4.74 Å². The number of carbonyl (C=O) groups is 1. The summed E-state index contributed by atoms with van der Waals surface area (Å²) in [6.07, 6.45) is 8.94. The van der Waals surface area contributed by atoms with E-state index in [2.05, 4.69) is 5.32 Å². The van der Waals surface area contributed by atoms with E-state index in [4.69, 9.17) is 4.74 Å². The van der Waals surface area contributed by atoms with E-state index in [1.807, 2.05) is 25.7 Å². The maximum Gasteiger partial charge on any atom is 0.410 e. The Kier molecular flexibility index (Phi) is 5.91. The summed E-state index contributed by atoms with van der Waals surface area (Å²) in [5, 5.41) is 3.72. The number of carbonyl (C=O) groups excluding carboxylic acids is 1. The van der Waals surface area contributed by atoms with Crippen LogP contribution in [0.15, 0.2) is 0 Å². The first-order chi connectivity index (χ1) is 9.94. The minimum Gasteiger partial charge on any atom is -0.444 e. The molecular weight excluding hydrogens is 264 g/mol. The van der Waals surface area contributed by atoms with Gasteiger partial charge in [0.05, 0.1) is 0 Å². The average molecular weight is 296 g/mol. The second kappa shape index (κ2) is 7.48. The van der Waals surface area contributed by atoms with Crippen LogP contribution in [0.4, 0.5) is 4.79 Å². The lowest BCUT2D eigenvalue weighted by atomic mass is 9.93. The van der Waals surface area contributed by atoms with Gasteiger partial charge in [-0.1, -0.05) is 19.3 Å². The van der Waals surface area contributed by atoms with Crippen LogP contribution >= 0.6 is 0 Å². The molecule has 2 rings (SSSR count). The Morgan fingerprint density at radius 2 is 1.86 bits per heavy atom. The number of piperidine rings is 1. The molecule has 0 bridgehead atoms. The first-order valence-electron chi connectivity index (χ1n) is 8.65. The molecule has 21 heavy (non-hydrogen) atoms. The fourth-order valence-electron chi connectivity index (χ4n) is 3.36. The molecule has 0 aromatic rings. The van der Waals surface area contributed by atoms with Crippen molar-refractivity contribution in [1.29, 1.82) is 0 Å². The standard InChI is InChI=1S/C17H32N2O2/c1-17(2,3)21-16(20)19-11-7-8-14(13-19)12-18-15-9-5-4-6-10-15/h14-15,18H,4-13H2,1-3H3. The highest BCUT2D eigenvalue weighted by Crippen LogP contribution is 2.21. The summed E-state index contributed by atoms with van der Waals surface area (Å²) in [5.41, 5.74) is -0.398. The minimum absolute atomic E-state index is 0.148. The van der Waals surface area contributed by atoms with Crippen LogP contribution in [0.5, 0.6) is 0 Å². The van der Waals surface area contributed by atoms with Gasteiger partial charge in [-0.3, -0.25) is 0 Å². The largest absolute Gasteiger partial charge is 0.444 e. The van der Waals surface area contributed by atoms with Crippen molar-refractivity contribution in [1.82, 2.24) is 10.2 Å². The Morgan fingerprint density at radius 1 is 1.14 bits per heavy atom. The molecule has 0 radical (unpaired) electrons. The quantitative estimate of drug-likeness (QED) is 0.866. The van der Waals surface area contributed by atoms with Gasteiger partial charge in [-0.25, -0.2) is 4.79 Å². The van der Waals surface area contributed by atoms with Crippen LogP contribution < -0.4 is 5.32 Å². The molecule has 1 aliphatic carbocycles. The summed E-state index contributed by atoms with van der Waals surface area (Å²) < 4.78 is 5.49. The summed E-state index contributed by atoms with van der Waals surface area (Å²) in [4.78, 5) is 14.0. The number of hydrogen-bond acceptors (Lipinski definition) is 3. The van der Waals surface area contributed by atoms with E-state index in [0.717, 1.165) is 26.1 Å². The van der Waals surface area contributed by atoms with Gasteiger partial charge in [0.25, 0.3) is 0 Å². The van der Waals surface area contributed by atoms with Crippen LogP contribution in [0, 0.1) is 5.92 Å². The third-order valence-electron chi connectivity index (χ3n) is 4.47. The van der Waals surface area contributed by atoms with Gasteiger partial charge in [0, 0.05) is 19.1 Å². The molecule has 1 saturated carbocycles. The van der Waals surface area contributed by atoms with Gasteiger partial charge in [0.2, 0.25) is 0 Å². The van der Waals surface area contributed by atoms with E-state index in [0.29, 0.717) is 12.0 Å². The Labute approximate surface area is 129 Å². The SMILES string of the molecule is CC(C)(C)OC(=O)N1CCCC(CNC2CCCCC2)C1. The Morgan fingerprint density at radius 3 is 2.52 bits per heavy atom. The smallest absolute Gasteiger partial charge is 0.410 e. The first kappa shape index (κ1) is 16.6. The molecule has 1 amide bonds. The number of rotatable bonds is 3. The highest BCUT2D eigenvalue weighted by Gasteiger charge is 2.27. The van der Waals surface area contributed by atoms with Crippen molar-refractivity contribution in [3.05, 3.63) is 0 Å². The van der Waals surface area contributed by atoms with Crippen LogP contribution in [0.2, 0.25) is 0 Å². The number of amides is 1. The molecule has 122 valence electrons. The predicted molar refractivity (Wildman–Crippen MR) is 85.4 cm³/mol. The van der Waals surface area contributed by atoms with Crippen molar-refractivity contribution in [3.8, 4) is 0 Å². The van der Waals surface area contributed by atoms with Crippen molar-refractivity contribution in [3.63, 3.8) is 0 Å². The molecular formula is C17H32N2O2. The van der Waals surface area contributed by atoms with Crippen molar-refractivity contribution >= 4 is 6.09 Å². The number of hydrogen-bond donors (Lipinski definition) is 1. The summed E-state index contributed by atoms with van der Waals surface area (Å²) in [5.74, 6) is 0.577. The molecule has 4 heteroatoms. The van der Waals surface area contributed by atoms with E-state index in [1.54, 1.807) is 0 Å². The summed E-state index contributed by atoms with van der Waals surface area (Å²) in [6, 6.07) is 0.704. The fourth-order valence-corrected chi connectivity index (χ4v) is 3.36. The zero-order valence-electron chi connectivity index (χ0n) is 14.0. The molecule has 1 heterocycles. The van der Waals surface area contributed by atoms with Crippen LogP contribution in [0.3, 0.4) is 0 Å². The zero-order valence-corrected chi connectivity index (χ0v) is 14.0. The molecule has 1 aliphatic heterocycles. The van der Waals surface area contributed by atoms with Gasteiger partial charge in [-0.15, -0.1) is 0 Å². The number of ether oxygens (including phenoxy) is 1. The van der Waals surface area contributed by atoms with Crippen molar-refractivity contribution < 1.29 is 9.53 Å². The minimum atomic E-state index is -0.398. The van der Waals surface area contributed by atoms with E-state index in [-0.39, 0.29) is 6.09 Å². The molecule has 4 nitrogen and oxygen atoms in total. The monoisotopic (exact) mass is 296 g/mol. The molecule has 0 aromatic heterocycles. The zero-order chi connectivity index (χ0) is 15.3. The molecule has 1 saturated heterocycles. The molecule has 2 fully saturated rings. The lowest BCUT2D eigenvalue weighted by molar-refractivity contribution is 0.0165. The molecule has 1 atom stereocenters. The molecule has 1 N–H and O–H groups in total. The lowest BCUT2D eigenvalue weighted by Crippen LogP contribution is -2.46. The van der Waals surface area contributed by atoms with Crippen molar-refractivity contribution in [2.75, 3.05) is 19.6 Å². The highest BCUT2D eigenvalue weighted by atomic mass is 16.6. The third-order valence-corrected chi connectivity index (χ3v) is 4.47. The van der Waals surface area contributed by atoms with E-state index >= 15 is 0 Å². The van der Waals surface area contributed by atoms with Gasteiger partial charge in [0.1, 0.15) is 5.60 Å². The molecule has 0 aromatic carbocycles. The van der Waals surface area contributed by atoms with E-state index in [9.17, 15) is 4.79 Å². The average Bonchev–Trinajstić information content (AvgIpc) is 2.45. The molecule has 0 spiro atoms. The topological polar surface area (TPSA) is 41.6 Å².